The molecule has 0 radical (unpaired) electrons. The van der Waals surface area contributed by atoms with E-state index >= 15 is 0 Å². The summed E-state index contributed by atoms with van der Waals surface area (Å²) in [6.45, 7) is 12.6. The van der Waals surface area contributed by atoms with Crippen LogP contribution in [0.2, 0.25) is 0 Å². The zero-order valence-electron chi connectivity index (χ0n) is 26.6. The second kappa shape index (κ2) is 14.3. The number of rotatable bonds is 4. The van der Waals surface area contributed by atoms with Gasteiger partial charge in [-0.2, -0.15) is 0 Å². The molecule has 2 N–H and O–H groups in total. The fraction of sp³-hybridized carbons (Fsp3) is 0.875. The SMILES string of the molecule is CC(C)(C)OC(=O)N1C[C@@H](C(=O)O)[C@H](C2CCCCC2)C1.CC(C)(C)OC(=O)N1C[C@H](C(=O)O)[C@@H](C2CCCCC2)C1. The molecule has 0 aromatic rings. The number of carbonyl (C=O) groups is 4. The molecule has 2 heterocycles. The molecule has 42 heavy (non-hydrogen) atoms. The molecule has 10 heteroatoms. The third-order valence-corrected chi connectivity index (χ3v) is 9.18. The van der Waals surface area contributed by atoms with Crippen molar-refractivity contribution in [2.24, 2.45) is 35.5 Å². The lowest BCUT2D eigenvalue weighted by atomic mass is 9.75. The molecule has 0 unspecified atom stereocenters. The quantitative estimate of drug-likeness (QED) is 0.389. The van der Waals surface area contributed by atoms with Crippen LogP contribution in [0, 0.1) is 35.5 Å². The van der Waals surface area contributed by atoms with Crippen LogP contribution in [-0.4, -0.2) is 81.5 Å². The number of hydrogen-bond acceptors (Lipinski definition) is 6. The number of carboxylic acids is 2. The van der Waals surface area contributed by atoms with Gasteiger partial charge in [-0.1, -0.05) is 64.2 Å². The van der Waals surface area contributed by atoms with E-state index in [1.165, 1.54) is 38.5 Å². The van der Waals surface area contributed by atoms with Crippen LogP contribution < -0.4 is 0 Å². The molecule has 240 valence electrons. The first kappa shape index (κ1) is 34.0. The summed E-state index contributed by atoms with van der Waals surface area (Å²) in [6, 6.07) is 0. The van der Waals surface area contributed by atoms with E-state index in [1.807, 2.05) is 41.5 Å². The van der Waals surface area contributed by atoms with Crippen LogP contribution in [0.15, 0.2) is 0 Å². The zero-order chi connectivity index (χ0) is 31.2. The molecule has 2 saturated heterocycles. The van der Waals surface area contributed by atoms with Crippen molar-refractivity contribution >= 4 is 24.1 Å². The molecule has 2 saturated carbocycles. The first-order valence-corrected chi connectivity index (χ1v) is 16.0. The maximum atomic E-state index is 12.2. The average molecular weight is 595 g/mol. The first-order valence-electron chi connectivity index (χ1n) is 16.0. The van der Waals surface area contributed by atoms with Crippen LogP contribution in [0.25, 0.3) is 0 Å². The fourth-order valence-corrected chi connectivity index (χ4v) is 7.21. The van der Waals surface area contributed by atoms with Gasteiger partial charge in [0.25, 0.3) is 0 Å². The molecule has 0 spiro atoms. The van der Waals surface area contributed by atoms with Crippen LogP contribution in [0.3, 0.4) is 0 Å². The average Bonchev–Trinajstić information content (AvgIpc) is 3.54. The van der Waals surface area contributed by atoms with E-state index in [2.05, 4.69) is 0 Å². The van der Waals surface area contributed by atoms with Gasteiger partial charge in [0.1, 0.15) is 11.2 Å². The van der Waals surface area contributed by atoms with Gasteiger partial charge in [0, 0.05) is 26.2 Å². The predicted octanol–water partition coefficient (Wildman–Crippen LogP) is 6.27. The Morgan fingerprint density at radius 2 is 0.857 bits per heavy atom. The van der Waals surface area contributed by atoms with Gasteiger partial charge in [0.15, 0.2) is 0 Å². The maximum absolute atomic E-state index is 12.2. The number of carbonyl (C=O) groups excluding carboxylic acids is 2. The molecule has 0 aromatic carbocycles. The van der Waals surface area contributed by atoms with E-state index in [-0.39, 0.29) is 37.1 Å². The Labute approximate surface area is 251 Å². The lowest BCUT2D eigenvalue weighted by Gasteiger charge is -2.29. The number of likely N-dealkylation sites (tertiary alicyclic amines) is 2. The van der Waals surface area contributed by atoms with Gasteiger partial charge in [-0.05, 0) is 65.2 Å². The highest BCUT2D eigenvalue weighted by atomic mass is 16.6. The molecule has 4 rings (SSSR count). The van der Waals surface area contributed by atoms with Gasteiger partial charge in [-0.15, -0.1) is 0 Å². The summed E-state index contributed by atoms with van der Waals surface area (Å²) in [6.07, 6.45) is 10.8. The molecule has 2 amide bonds. The van der Waals surface area contributed by atoms with Crippen LogP contribution in [-0.2, 0) is 19.1 Å². The third-order valence-electron chi connectivity index (χ3n) is 9.18. The third kappa shape index (κ3) is 9.76. The summed E-state index contributed by atoms with van der Waals surface area (Å²) in [4.78, 5) is 50.6. The Morgan fingerprint density at radius 3 is 1.12 bits per heavy atom. The van der Waals surface area contributed by atoms with Crippen molar-refractivity contribution in [1.82, 2.24) is 9.80 Å². The van der Waals surface area contributed by atoms with Crippen LogP contribution in [0.1, 0.15) is 106 Å². The highest BCUT2D eigenvalue weighted by Crippen LogP contribution is 2.40. The standard InChI is InChI=1S/2C16H27NO4/c2*1-16(2,3)21-15(20)17-9-12(13(10-17)14(18)19)11-7-5-4-6-8-11/h2*11-13H,4-10H2,1-3H3,(H,18,19)/t2*12-,13+/m10/s1. The van der Waals surface area contributed by atoms with Crippen molar-refractivity contribution in [2.75, 3.05) is 26.2 Å². The number of carboxylic acid groups (broad SMARTS) is 2. The maximum Gasteiger partial charge on any atom is 0.410 e. The molecule has 4 fully saturated rings. The smallest absolute Gasteiger partial charge is 0.410 e. The largest absolute Gasteiger partial charge is 0.481 e. The van der Waals surface area contributed by atoms with E-state index in [9.17, 15) is 29.4 Å². The number of nitrogens with zero attached hydrogens (tertiary/aromatic N) is 2. The summed E-state index contributed by atoms with van der Waals surface area (Å²) in [5.41, 5.74) is -1.09. The van der Waals surface area contributed by atoms with Crippen LogP contribution in [0.5, 0.6) is 0 Å². The van der Waals surface area contributed by atoms with E-state index in [4.69, 9.17) is 9.47 Å². The molecule has 0 aromatic heterocycles. The number of hydrogen-bond donors (Lipinski definition) is 2. The Balaban J connectivity index is 0.000000230. The number of aliphatic carboxylic acids is 2. The number of ether oxygens (including phenoxy) is 2. The first-order chi connectivity index (χ1) is 19.6. The van der Waals surface area contributed by atoms with E-state index in [1.54, 1.807) is 9.80 Å². The van der Waals surface area contributed by atoms with Gasteiger partial charge < -0.3 is 29.5 Å². The summed E-state index contributed by atoms with van der Waals surface area (Å²) in [5.74, 6) is -1.42. The highest BCUT2D eigenvalue weighted by Gasteiger charge is 2.45. The molecule has 2 aliphatic heterocycles. The molecule has 0 bridgehead atoms. The molecular weight excluding hydrogens is 540 g/mol. The molecule has 2 aliphatic carbocycles. The summed E-state index contributed by atoms with van der Waals surface area (Å²) >= 11 is 0. The van der Waals surface area contributed by atoms with Gasteiger partial charge in [0.2, 0.25) is 0 Å². The topological polar surface area (TPSA) is 134 Å². The molecular formula is C32H54N2O8. The summed E-state index contributed by atoms with van der Waals surface area (Å²) < 4.78 is 10.8. The van der Waals surface area contributed by atoms with E-state index in [0.717, 1.165) is 25.7 Å². The van der Waals surface area contributed by atoms with Crippen LogP contribution >= 0.6 is 0 Å². The lowest BCUT2D eigenvalue weighted by Crippen LogP contribution is -2.36. The second-order valence-corrected chi connectivity index (χ2v) is 14.8. The van der Waals surface area contributed by atoms with Gasteiger partial charge in [-0.3, -0.25) is 9.59 Å². The summed E-state index contributed by atoms with van der Waals surface area (Å²) in [5, 5.41) is 18.9. The highest BCUT2D eigenvalue weighted by molar-refractivity contribution is 5.75. The van der Waals surface area contributed by atoms with Crippen molar-refractivity contribution in [3.8, 4) is 0 Å². The van der Waals surface area contributed by atoms with Crippen molar-refractivity contribution in [3.63, 3.8) is 0 Å². The Bertz CT molecular complexity index is 867. The van der Waals surface area contributed by atoms with Gasteiger partial charge in [0.05, 0.1) is 11.8 Å². The summed E-state index contributed by atoms with van der Waals surface area (Å²) in [7, 11) is 0. The lowest BCUT2D eigenvalue weighted by molar-refractivity contribution is -0.144. The van der Waals surface area contributed by atoms with Crippen molar-refractivity contribution in [1.29, 1.82) is 0 Å². The fourth-order valence-electron chi connectivity index (χ4n) is 7.21. The molecule has 4 atom stereocenters. The Hall–Kier alpha value is -2.52. The number of amides is 2. The van der Waals surface area contributed by atoms with Crippen molar-refractivity contribution < 1.29 is 38.9 Å². The monoisotopic (exact) mass is 594 g/mol. The van der Waals surface area contributed by atoms with Gasteiger partial charge in [-0.25, -0.2) is 9.59 Å². The molecule has 10 nitrogen and oxygen atoms in total. The minimum atomic E-state index is -0.781. The Morgan fingerprint density at radius 1 is 0.548 bits per heavy atom. The van der Waals surface area contributed by atoms with Crippen molar-refractivity contribution in [3.05, 3.63) is 0 Å². The van der Waals surface area contributed by atoms with Crippen molar-refractivity contribution in [2.45, 2.75) is 117 Å². The minimum absolute atomic E-state index is 0.0790. The molecule has 4 aliphatic rings. The van der Waals surface area contributed by atoms with E-state index in [0.29, 0.717) is 24.9 Å². The minimum Gasteiger partial charge on any atom is -0.481 e. The second-order valence-electron chi connectivity index (χ2n) is 14.8. The van der Waals surface area contributed by atoms with E-state index < -0.39 is 35.0 Å². The predicted molar refractivity (Wildman–Crippen MR) is 158 cm³/mol. The van der Waals surface area contributed by atoms with Crippen LogP contribution in [0.4, 0.5) is 9.59 Å². The normalized spacial score (nSPS) is 27.7. The zero-order valence-corrected chi connectivity index (χ0v) is 26.6. The Kier molecular flexibility index (Phi) is 11.6. The van der Waals surface area contributed by atoms with Gasteiger partial charge >= 0.3 is 24.1 Å².